The standard InChI is InChI=1S/C13H18O.C2H6/c1-9-7-6-8-10-11(9)14-13(4,5)12(10,2)3;1-2/h6-8H,1-5H3;1-2H3. The molecule has 0 spiro atoms. The van der Waals surface area contributed by atoms with E-state index >= 15 is 0 Å². The van der Waals surface area contributed by atoms with E-state index in [1.54, 1.807) is 0 Å². The van der Waals surface area contributed by atoms with Gasteiger partial charge in [-0.3, -0.25) is 0 Å². The minimum Gasteiger partial charge on any atom is -0.486 e. The summed E-state index contributed by atoms with van der Waals surface area (Å²) in [6.45, 7) is 14.9. The van der Waals surface area contributed by atoms with Gasteiger partial charge in [-0.15, -0.1) is 0 Å². The Morgan fingerprint density at radius 2 is 1.56 bits per heavy atom. The maximum absolute atomic E-state index is 6.04. The van der Waals surface area contributed by atoms with Crippen LogP contribution in [0.4, 0.5) is 0 Å². The van der Waals surface area contributed by atoms with E-state index in [0.29, 0.717) is 0 Å². The Morgan fingerprint density at radius 1 is 1.00 bits per heavy atom. The molecule has 0 atom stereocenters. The van der Waals surface area contributed by atoms with Crippen LogP contribution in [0.5, 0.6) is 5.75 Å². The molecular weight excluding hydrogens is 196 g/mol. The summed E-state index contributed by atoms with van der Waals surface area (Å²) in [7, 11) is 0. The lowest BCUT2D eigenvalue weighted by Gasteiger charge is -2.33. The van der Waals surface area contributed by atoms with Crippen molar-refractivity contribution in [1.82, 2.24) is 0 Å². The summed E-state index contributed by atoms with van der Waals surface area (Å²) in [4.78, 5) is 0. The highest BCUT2D eigenvalue weighted by Crippen LogP contribution is 2.49. The van der Waals surface area contributed by atoms with E-state index in [1.165, 1.54) is 11.1 Å². The van der Waals surface area contributed by atoms with E-state index in [9.17, 15) is 0 Å². The molecule has 0 unspecified atom stereocenters. The summed E-state index contributed by atoms with van der Waals surface area (Å²) >= 11 is 0. The molecule has 90 valence electrons. The van der Waals surface area contributed by atoms with Gasteiger partial charge in [0, 0.05) is 11.0 Å². The van der Waals surface area contributed by atoms with Gasteiger partial charge >= 0.3 is 0 Å². The number of para-hydroxylation sites is 1. The maximum Gasteiger partial charge on any atom is 0.126 e. The van der Waals surface area contributed by atoms with Crippen LogP contribution in [0.3, 0.4) is 0 Å². The third-order valence-electron chi connectivity index (χ3n) is 3.75. The molecule has 0 radical (unpaired) electrons. The summed E-state index contributed by atoms with van der Waals surface area (Å²) in [5.74, 6) is 1.09. The van der Waals surface area contributed by atoms with Crippen molar-refractivity contribution >= 4 is 0 Å². The van der Waals surface area contributed by atoms with Crippen LogP contribution < -0.4 is 4.74 Å². The van der Waals surface area contributed by atoms with Gasteiger partial charge in [-0.25, -0.2) is 0 Å². The third kappa shape index (κ3) is 1.73. The topological polar surface area (TPSA) is 9.23 Å². The first kappa shape index (κ1) is 13.1. The van der Waals surface area contributed by atoms with Gasteiger partial charge < -0.3 is 4.74 Å². The first-order valence-electron chi connectivity index (χ1n) is 6.15. The highest BCUT2D eigenvalue weighted by Gasteiger charge is 2.48. The van der Waals surface area contributed by atoms with Crippen molar-refractivity contribution < 1.29 is 4.74 Å². The Hall–Kier alpha value is -0.980. The SMILES string of the molecule is CC.Cc1cccc2c1OC(C)(C)C2(C)C. The molecule has 0 N–H and O–H groups in total. The molecule has 1 aromatic rings. The molecule has 2 rings (SSSR count). The van der Waals surface area contributed by atoms with Crippen LogP contribution in [-0.2, 0) is 5.41 Å². The number of aryl methyl sites for hydroxylation is 1. The minimum absolute atomic E-state index is 0.0916. The monoisotopic (exact) mass is 220 g/mol. The largest absolute Gasteiger partial charge is 0.486 e. The highest BCUT2D eigenvalue weighted by molar-refractivity contribution is 5.50. The number of hydrogen-bond acceptors (Lipinski definition) is 1. The van der Waals surface area contributed by atoms with E-state index in [4.69, 9.17) is 4.74 Å². The molecule has 1 aromatic carbocycles. The minimum atomic E-state index is -0.110. The molecule has 0 fully saturated rings. The molecule has 0 aliphatic carbocycles. The van der Waals surface area contributed by atoms with E-state index in [-0.39, 0.29) is 11.0 Å². The Labute approximate surface area is 99.8 Å². The van der Waals surface area contributed by atoms with Crippen molar-refractivity contribution in [1.29, 1.82) is 0 Å². The lowest BCUT2D eigenvalue weighted by Crippen LogP contribution is -2.41. The fraction of sp³-hybridized carbons (Fsp3) is 0.600. The number of fused-ring (bicyclic) bond motifs is 1. The van der Waals surface area contributed by atoms with E-state index in [2.05, 4.69) is 52.8 Å². The fourth-order valence-corrected chi connectivity index (χ4v) is 1.99. The van der Waals surface area contributed by atoms with Gasteiger partial charge in [-0.05, 0) is 26.3 Å². The number of rotatable bonds is 0. The zero-order valence-electron chi connectivity index (χ0n) is 11.6. The summed E-state index contributed by atoms with van der Waals surface area (Å²) < 4.78 is 6.04. The second kappa shape index (κ2) is 4.12. The lowest BCUT2D eigenvalue weighted by atomic mass is 9.74. The van der Waals surface area contributed by atoms with Crippen LogP contribution in [0.1, 0.15) is 52.7 Å². The normalized spacial score (nSPS) is 19.2. The third-order valence-corrected chi connectivity index (χ3v) is 3.75. The first-order chi connectivity index (χ1) is 7.36. The second-order valence-electron chi connectivity index (χ2n) is 5.19. The Morgan fingerprint density at radius 3 is 2.06 bits per heavy atom. The average Bonchev–Trinajstić information content (AvgIpc) is 2.40. The molecule has 1 heteroatoms. The van der Waals surface area contributed by atoms with Crippen molar-refractivity contribution in [2.75, 3.05) is 0 Å². The van der Waals surface area contributed by atoms with Crippen LogP contribution in [0.25, 0.3) is 0 Å². The molecule has 0 amide bonds. The fourth-order valence-electron chi connectivity index (χ4n) is 1.99. The van der Waals surface area contributed by atoms with Crippen molar-refractivity contribution in [2.24, 2.45) is 0 Å². The summed E-state index contributed by atoms with van der Waals surface area (Å²) in [5.41, 5.74) is 2.55. The van der Waals surface area contributed by atoms with E-state index in [0.717, 1.165) is 5.75 Å². The van der Waals surface area contributed by atoms with Gasteiger partial charge in [0.05, 0.1) is 0 Å². The molecule has 1 nitrogen and oxygen atoms in total. The molecule has 1 aliphatic rings. The number of benzene rings is 1. The lowest BCUT2D eigenvalue weighted by molar-refractivity contribution is 0.0707. The summed E-state index contributed by atoms with van der Waals surface area (Å²) in [6, 6.07) is 6.40. The quantitative estimate of drug-likeness (QED) is 0.627. The highest BCUT2D eigenvalue weighted by atomic mass is 16.5. The van der Waals surface area contributed by atoms with Gasteiger partial charge in [-0.1, -0.05) is 45.9 Å². The van der Waals surface area contributed by atoms with Gasteiger partial charge in [0.25, 0.3) is 0 Å². The average molecular weight is 220 g/mol. The Kier molecular flexibility index (Phi) is 3.37. The zero-order chi connectivity index (χ0) is 12.6. The smallest absolute Gasteiger partial charge is 0.126 e. The zero-order valence-corrected chi connectivity index (χ0v) is 11.6. The van der Waals surface area contributed by atoms with Gasteiger partial charge in [-0.2, -0.15) is 0 Å². The predicted molar refractivity (Wildman–Crippen MR) is 70.3 cm³/mol. The van der Waals surface area contributed by atoms with Crippen molar-refractivity contribution in [3.8, 4) is 5.75 Å². The van der Waals surface area contributed by atoms with Crippen LogP contribution >= 0.6 is 0 Å². The van der Waals surface area contributed by atoms with Crippen molar-refractivity contribution in [3.05, 3.63) is 29.3 Å². The summed E-state index contributed by atoms with van der Waals surface area (Å²) in [6.07, 6.45) is 0. The Bertz CT molecular complexity index is 375. The molecule has 1 heterocycles. The van der Waals surface area contributed by atoms with Crippen LogP contribution in [-0.4, -0.2) is 5.60 Å². The maximum atomic E-state index is 6.04. The van der Waals surface area contributed by atoms with Crippen LogP contribution in [0.15, 0.2) is 18.2 Å². The molecule has 0 saturated carbocycles. The van der Waals surface area contributed by atoms with E-state index in [1.807, 2.05) is 13.8 Å². The van der Waals surface area contributed by atoms with Crippen molar-refractivity contribution in [3.63, 3.8) is 0 Å². The van der Waals surface area contributed by atoms with E-state index < -0.39 is 0 Å². The second-order valence-corrected chi connectivity index (χ2v) is 5.19. The van der Waals surface area contributed by atoms with Gasteiger partial charge in [0.1, 0.15) is 11.4 Å². The molecule has 0 saturated heterocycles. The van der Waals surface area contributed by atoms with Crippen LogP contribution in [0, 0.1) is 6.92 Å². The number of hydrogen-bond donors (Lipinski definition) is 0. The van der Waals surface area contributed by atoms with Gasteiger partial charge in [0.15, 0.2) is 0 Å². The first-order valence-corrected chi connectivity index (χ1v) is 6.15. The molecule has 0 aromatic heterocycles. The number of ether oxygens (including phenoxy) is 1. The molecular formula is C15H24O. The van der Waals surface area contributed by atoms with Gasteiger partial charge in [0.2, 0.25) is 0 Å². The van der Waals surface area contributed by atoms with Crippen LogP contribution in [0.2, 0.25) is 0 Å². The molecule has 1 aliphatic heterocycles. The Balaban J connectivity index is 0.000000606. The van der Waals surface area contributed by atoms with Crippen molar-refractivity contribution in [2.45, 2.75) is 59.5 Å². The molecule has 16 heavy (non-hydrogen) atoms. The predicted octanol–water partition coefficient (Wildman–Crippen LogP) is 4.47. The molecule has 0 bridgehead atoms. The summed E-state index contributed by atoms with van der Waals surface area (Å²) in [5, 5.41) is 0.